The summed E-state index contributed by atoms with van der Waals surface area (Å²) in [5, 5.41) is 0. The lowest BCUT2D eigenvalue weighted by atomic mass is 9.69. The zero-order valence-electron chi connectivity index (χ0n) is 19.1. The largest absolute Gasteiger partial charge is 0.497 e. The Bertz CT molecular complexity index is 988. The van der Waals surface area contributed by atoms with Crippen molar-refractivity contribution in [3.05, 3.63) is 96.1 Å². The van der Waals surface area contributed by atoms with E-state index < -0.39 is 0 Å². The minimum Gasteiger partial charge on any atom is -0.497 e. The lowest BCUT2D eigenvalue weighted by Crippen LogP contribution is -2.56. The van der Waals surface area contributed by atoms with Gasteiger partial charge in [0.2, 0.25) is 0 Å². The van der Waals surface area contributed by atoms with Crippen molar-refractivity contribution in [2.24, 2.45) is 0 Å². The van der Waals surface area contributed by atoms with E-state index in [4.69, 9.17) is 4.74 Å². The number of hydrogen-bond acceptors (Lipinski definition) is 3. The molecule has 0 aromatic heterocycles. The van der Waals surface area contributed by atoms with Crippen LogP contribution in [0, 0.1) is 0 Å². The number of piperazine rings is 1. The standard InChI is InChI=1S/C29H34N2O/c1-32-28-14-8-11-26(23-28)29(17-15-25(16-18-29)24-9-4-2-5-10-24)31-21-19-30(20-22-31)27-12-6-3-7-13-27/h2-14,23,25H,15-22H2,1H3. The normalized spacial score (nSPS) is 24.3. The Balaban J connectivity index is 1.39. The average Bonchev–Trinajstić information content (AvgIpc) is 2.90. The highest BCUT2D eigenvalue weighted by molar-refractivity contribution is 5.46. The molecule has 3 nitrogen and oxygen atoms in total. The predicted molar refractivity (Wildman–Crippen MR) is 133 cm³/mol. The summed E-state index contributed by atoms with van der Waals surface area (Å²) in [7, 11) is 1.77. The van der Waals surface area contributed by atoms with Gasteiger partial charge in [0.1, 0.15) is 5.75 Å². The third-order valence-corrected chi connectivity index (χ3v) is 7.70. The monoisotopic (exact) mass is 426 g/mol. The minimum atomic E-state index is 0.0998. The third-order valence-electron chi connectivity index (χ3n) is 7.70. The fourth-order valence-electron chi connectivity index (χ4n) is 5.89. The van der Waals surface area contributed by atoms with E-state index >= 15 is 0 Å². The first-order chi connectivity index (χ1) is 15.8. The second-order valence-electron chi connectivity index (χ2n) is 9.26. The Hall–Kier alpha value is -2.78. The highest BCUT2D eigenvalue weighted by atomic mass is 16.5. The van der Waals surface area contributed by atoms with Crippen molar-refractivity contribution in [1.29, 1.82) is 0 Å². The van der Waals surface area contributed by atoms with E-state index in [-0.39, 0.29) is 5.54 Å². The van der Waals surface area contributed by atoms with Gasteiger partial charge in [0.15, 0.2) is 0 Å². The molecule has 0 bridgehead atoms. The molecule has 32 heavy (non-hydrogen) atoms. The fraction of sp³-hybridized carbons (Fsp3) is 0.379. The van der Waals surface area contributed by atoms with Gasteiger partial charge < -0.3 is 9.64 Å². The number of hydrogen-bond donors (Lipinski definition) is 0. The van der Waals surface area contributed by atoms with Gasteiger partial charge in [-0.2, -0.15) is 0 Å². The van der Waals surface area contributed by atoms with Crippen molar-refractivity contribution < 1.29 is 4.74 Å². The summed E-state index contributed by atoms with van der Waals surface area (Å²) in [5.74, 6) is 1.63. The molecule has 1 aliphatic carbocycles. The van der Waals surface area contributed by atoms with E-state index in [0.717, 1.165) is 31.9 Å². The molecule has 2 fully saturated rings. The lowest BCUT2D eigenvalue weighted by Gasteiger charge is -2.51. The van der Waals surface area contributed by atoms with Gasteiger partial charge in [-0.15, -0.1) is 0 Å². The van der Waals surface area contributed by atoms with Crippen molar-refractivity contribution in [1.82, 2.24) is 4.90 Å². The maximum atomic E-state index is 5.62. The van der Waals surface area contributed by atoms with Gasteiger partial charge in [-0.05, 0) is 67.0 Å². The summed E-state index contributed by atoms with van der Waals surface area (Å²) in [5.41, 5.74) is 4.37. The molecule has 0 radical (unpaired) electrons. The van der Waals surface area contributed by atoms with Crippen molar-refractivity contribution >= 4 is 5.69 Å². The molecule has 5 rings (SSSR count). The number of anilines is 1. The first kappa shape index (κ1) is 21.1. The Labute approximate surface area is 192 Å². The fourth-order valence-corrected chi connectivity index (χ4v) is 5.89. The zero-order chi connectivity index (χ0) is 21.8. The molecule has 0 atom stereocenters. The molecule has 2 aliphatic rings. The van der Waals surface area contributed by atoms with Crippen LogP contribution in [0.25, 0.3) is 0 Å². The molecule has 0 N–H and O–H groups in total. The Morgan fingerprint density at radius 1 is 0.750 bits per heavy atom. The summed E-state index contributed by atoms with van der Waals surface area (Å²) in [6.45, 7) is 4.36. The molecule has 3 aromatic carbocycles. The van der Waals surface area contributed by atoms with Crippen LogP contribution in [0.4, 0.5) is 5.69 Å². The van der Waals surface area contributed by atoms with Crippen LogP contribution >= 0.6 is 0 Å². The van der Waals surface area contributed by atoms with Crippen molar-refractivity contribution in [2.75, 3.05) is 38.2 Å². The molecule has 1 saturated heterocycles. The topological polar surface area (TPSA) is 15.7 Å². The van der Waals surface area contributed by atoms with Gasteiger partial charge in [-0.25, -0.2) is 0 Å². The van der Waals surface area contributed by atoms with Crippen LogP contribution in [0.2, 0.25) is 0 Å². The molecule has 1 aliphatic heterocycles. The molecule has 0 spiro atoms. The van der Waals surface area contributed by atoms with E-state index in [1.165, 1.54) is 42.5 Å². The number of ether oxygens (including phenoxy) is 1. The number of para-hydroxylation sites is 1. The van der Waals surface area contributed by atoms with Crippen LogP contribution in [0.1, 0.15) is 42.7 Å². The Morgan fingerprint density at radius 2 is 1.41 bits per heavy atom. The Morgan fingerprint density at radius 3 is 2.06 bits per heavy atom. The van der Waals surface area contributed by atoms with Crippen LogP contribution in [0.5, 0.6) is 5.75 Å². The molecule has 1 saturated carbocycles. The second-order valence-corrected chi connectivity index (χ2v) is 9.26. The summed E-state index contributed by atoms with van der Waals surface area (Å²) in [6, 6.07) is 30.8. The summed E-state index contributed by atoms with van der Waals surface area (Å²) in [4.78, 5) is 5.31. The maximum absolute atomic E-state index is 5.62. The quantitative estimate of drug-likeness (QED) is 0.492. The Kier molecular flexibility index (Phi) is 6.18. The lowest BCUT2D eigenvalue weighted by molar-refractivity contribution is 0.0363. The van der Waals surface area contributed by atoms with Crippen LogP contribution in [-0.2, 0) is 5.54 Å². The third kappa shape index (κ3) is 4.14. The van der Waals surface area contributed by atoms with Gasteiger partial charge in [-0.3, -0.25) is 4.90 Å². The van der Waals surface area contributed by atoms with Gasteiger partial charge in [0.25, 0.3) is 0 Å². The smallest absolute Gasteiger partial charge is 0.119 e. The van der Waals surface area contributed by atoms with Gasteiger partial charge in [0, 0.05) is 37.4 Å². The van der Waals surface area contributed by atoms with Gasteiger partial charge in [0.05, 0.1) is 7.11 Å². The SMILES string of the molecule is COc1cccc(C2(N3CCN(c4ccccc4)CC3)CCC(c3ccccc3)CC2)c1. The molecule has 3 aromatic rings. The van der Waals surface area contributed by atoms with Crippen LogP contribution in [0.3, 0.4) is 0 Å². The first-order valence-corrected chi connectivity index (χ1v) is 12.0. The average molecular weight is 427 g/mol. The molecular formula is C29H34N2O. The highest BCUT2D eigenvalue weighted by Gasteiger charge is 2.43. The molecule has 0 unspecified atom stereocenters. The van der Waals surface area contributed by atoms with E-state index in [1.54, 1.807) is 7.11 Å². The van der Waals surface area contributed by atoms with Gasteiger partial charge in [-0.1, -0.05) is 60.7 Å². The molecule has 0 amide bonds. The van der Waals surface area contributed by atoms with E-state index in [9.17, 15) is 0 Å². The first-order valence-electron chi connectivity index (χ1n) is 12.0. The van der Waals surface area contributed by atoms with Crippen molar-refractivity contribution in [2.45, 2.75) is 37.1 Å². The molecule has 166 valence electrons. The van der Waals surface area contributed by atoms with Crippen molar-refractivity contribution in [3.63, 3.8) is 0 Å². The minimum absolute atomic E-state index is 0.0998. The summed E-state index contributed by atoms with van der Waals surface area (Å²) < 4.78 is 5.62. The van der Waals surface area contributed by atoms with Crippen LogP contribution in [-0.4, -0.2) is 38.2 Å². The number of nitrogens with zero attached hydrogens (tertiary/aromatic N) is 2. The van der Waals surface area contributed by atoms with Gasteiger partial charge >= 0.3 is 0 Å². The van der Waals surface area contributed by atoms with Crippen LogP contribution < -0.4 is 9.64 Å². The van der Waals surface area contributed by atoms with Crippen molar-refractivity contribution in [3.8, 4) is 5.75 Å². The number of benzene rings is 3. The van der Waals surface area contributed by atoms with E-state index in [1.807, 2.05) is 0 Å². The van der Waals surface area contributed by atoms with E-state index in [2.05, 4.69) is 94.7 Å². The van der Waals surface area contributed by atoms with E-state index in [0.29, 0.717) is 5.92 Å². The zero-order valence-corrected chi connectivity index (χ0v) is 19.1. The molecule has 3 heteroatoms. The summed E-state index contributed by atoms with van der Waals surface area (Å²) >= 11 is 0. The maximum Gasteiger partial charge on any atom is 0.119 e. The summed E-state index contributed by atoms with van der Waals surface area (Å²) in [6.07, 6.45) is 4.87. The predicted octanol–water partition coefficient (Wildman–Crippen LogP) is 6.07. The molecule has 1 heterocycles. The highest BCUT2D eigenvalue weighted by Crippen LogP contribution is 2.48. The molecular weight excluding hydrogens is 392 g/mol. The number of rotatable bonds is 5. The number of methoxy groups -OCH3 is 1. The second kappa shape index (κ2) is 9.38. The van der Waals surface area contributed by atoms with Crippen LogP contribution in [0.15, 0.2) is 84.9 Å².